The zero-order chi connectivity index (χ0) is 21.5. The molecule has 3 nitrogen and oxygen atoms in total. The van der Waals surface area contributed by atoms with Crippen molar-refractivity contribution in [3.8, 4) is 0 Å². The number of methoxy groups -OCH3 is 1. The summed E-state index contributed by atoms with van der Waals surface area (Å²) in [5.74, 6) is 0. The van der Waals surface area contributed by atoms with Gasteiger partial charge in [-0.2, -0.15) is 0 Å². The number of hydrogen-bond acceptors (Lipinski definition) is 3. The van der Waals surface area contributed by atoms with E-state index in [0.717, 1.165) is 50.5 Å². The Kier molecular flexibility index (Phi) is 14.8. The summed E-state index contributed by atoms with van der Waals surface area (Å²) in [5, 5.41) is 0.0190. The Morgan fingerprint density at radius 1 is 0.893 bits per heavy atom. The average molecular weight is 408 g/mol. The third-order valence-corrected chi connectivity index (χ3v) is 4.88. The molecule has 0 saturated carbocycles. The fourth-order valence-corrected chi connectivity index (χ4v) is 3.16. The first-order valence-electron chi connectivity index (χ1n) is 10.3. The van der Waals surface area contributed by atoms with Crippen LogP contribution in [0.25, 0.3) is 0 Å². The lowest BCUT2D eigenvalue weighted by Gasteiger charge is -2.21. The van der Waals surface area contributed by atoms with Gasteiger partial charge in [0.15, 0.2) is 0 Å². The Morgan fingerprint density at radius 2 is 1.39 bits per heavy atom. The van der Waals surface area contributed by atoms with E-state index in [1.165, 1.54) is 22.3 Å². The molecule has 160 valence electrons. The van der Waals surface area contributed by atoms with Gasteiger partial charge >= 0.3 is 0 Å². The maximum absolute atomic E-state index is 5.50. The third-order valence-electron chi connectivity index (χ3n) is 4.79. The number of allylic oxidation sites excluding steroid dienone is 7. The zero-order valence-corrected chi connectivity index (χ0v) is 19.9. The number of hydrogen-bond donors (Lipinski definition) is 1. The minimum absolute atomic E-state index is 0.0190. The topological polar surface area (TPSA) is 44.5 Å². The van der Waals surface area contributed by atoms with Crippen LogP contribution in [-0.2, 0) is 9.47 Å². The van der Waals surface area contributed by atoms with Crippen LogP contribution in [0.4, 0.5) is 0 Å². The quantitative estimate of drug-likeness (QED) is 0.200. The van der Waals surface area contributed by atoms with E-state index in [1.807, 2.05) is 0 Å². The van der Waals surface area contributed by atoms with Gasteiger partial charge in [-0.15, -0.1) is 0 Å². The van der Waals surface area contributed by atoms with Crippen LogP contribution >= 0.6 is 12.2 Å². The SMILES string of the molecule is CC/C(=C(/C)CC/C=C(\C)CC/C=C(\C)CCC=C(C)C)C(OC)OC(N)=S. The van der Waals surface area contributed by atoms with Crippen molar-refractivity contribution < 1.29 is 9.47 Å². The van der Waals surface area contributed by atoms with Gasteiger partial charge in [0.1, 0.15) is 0 Å². The van der Waals surface area contributed by atoms with Crippen molar-refractivity contribution in [2.75, 3.05) is 7.11 Å². The molecule has 0 aromatic rings. The van der Waals surface area contributed by atoms with E-state index in [2.05, 4.69) is 59.8 Å². The van der Waals surface area contributed by atoms with Crippen LogP contribution in [0.3, 0.4) is 0 Å². The van der Waals surface area contributed by atoms with Gasteiger partial charge in [-0.1, -0.05) is 47.4 Å². The minimum Gasteiger partial charge on any atom is -0.437 e. The summed E-state index contributed by atoms with van der Waals surface area (Å²) in [7, 11) is 1.62. The Morgan fingerprint density at radius 3 is 1.82 bits per heavy atom. The van der Waals surface area contributed by atoms with Crippen molar-refractivity contribution in [3.63, 3.8) is 0 Å². The molecule has 0 bridgehead atoms. The molecule has 1 unspecified atom stereocenters. The highest BCUT2D eigenvalue weighted by Gasteiger charge is 2.16. The molecule has 0 aliphatic rings. The fraction of sp³-hybridized carbons (Fsp3) is 0.625. The molecule has 0 aromatic carbocycles. The van der Waals surface area contributed by atoms with E-state index < -0.39 is 6.29 Å². The molecule has 0 amide bonds. The van der Waals surface area contributed by atoms with Crippen LogP contribution in [0, 0.1) is 0 Å². The molecule has 4 heteroatoms. The van der Waals surface area contributed by atoms with Gasteiger partial charge < -0.3 is 15.2 Å². The normalized spacial score (nSPS) is 14.4. The van der Waals surface area contributed by atoms with Crippen molar-refractivity contribution in [2.24, 2.45) is 5.73 Å². The second kappa shape index (κ2) is 15.5. The molecule has 1 atom stereocenters. The molecule has 0 heterocycles. The third kappa shape index (κ3) is 12.9. The van der Waals surface area contributed by atoms with Crippen molar-refractivity contribution in [1.82, 2.24) is 0 Å². The van der Waals surface area contributed by atoms with Crippen LogP contribution in [0.5, 0.6) is 0 Å². The maximum Gasteiger partial charge on any atom is 0.256 e. The first-order valence-corrected chi connectivity index (χ1v) is 10.7. The standard InChI is InChI=1S/C24H41NO2S/c1-8-22(23(26-7)27-24(25)28)21(6)17-11-16-20(5)15-10-14-19(4)13-9-12-18(2)3/h12,14,16,23H,8-11,13,15,17H2,1-7H3,(H2,25,28)/b19-14+,20-16+,22-21+. The molecule has 0 aliphatic carbocycles. The lowest BCUT2D eigenvalue weighted by molar-refractivity contribution is -0.0350. The van der Waals surface area contributed by atoms with E-state index in [-0.39, 0.29) is 5.17 Å². The van der Waals surface area contributed by atoms with Crippen LogP contribution in [0.2, 0.25) is 0 Å². The lowest BCUT2D eigenvalue weighted by atomic mass is 10.0. The predicted molar refractivity (Wildman–Crippen MR) is 126 cm³/mol. The van der Waals surface area contributed by atoms with E-state index in [4.69, 9.17) is 27.4 Å². The van der Waals surface area contributed by atoms with Crippen LogP contribution in [0.15, 0.2) is 46.1 Å². The van der Waals surface area contributed by atoms with Crippen molar-refractivity contribution >= 4 is 17.4 Å². The summed E-state index contributed by atoms with van der Waals surface area (Å²) in [6.07, 6.45) is 14.0. The summed E-state index contributed by atoms with van der Waals surface area (Å²) in [5.41, 5.74) is 12.2. The molecule has 28 heavy (non-hydrogen) atoms. The predicted octanol–water partition coefficient (Wildman–Crippen LogP) is 7.15. The largest absolute Gasteiger partial charge is 0.437 e. The molecular weight excluding hydrogens is 366 g/mol. The fourth-order valence-electron chi connectivity index (χ4n) is 3.07. The van der Waals surface area contributed by atoms with Crippen LogP contribution in [-0.4, -0.2) is 18.6 Å². The first-order chi connectivity index (χ1) is 13.2. The summed E-state index contributed by atoms with van der Waals surface area (Å²) in [6, 6.07) is 0. The minimum atomic E-state index is -0.480. The monoisotopic (exact) mass is 407 g/mol. The highest BCUT2D eigenvalue weighted by atomic mass is 32.1. The second-order valence-corrected chi connectivity index (χ2v) is 8.06. The molecule has 0 spiro atoms. The van der Waals surface area contributed by atoms with Gasteiger partial charge in [-0.3, -0.25) is 0 Å². The maximum atomic E-state index is 5.50. The van der Waals surface area contributed by atoms with Crippen molar-refractivity contribution in [2.45, 2.75) is 92.8 Å². The van der Waals surface area contributed by atoms with E-state index in [1.54, 1.807) is 7.11 Å². The van der Waals surface area contributed by atoms with Crippen LogP contribution < -0.4 is 5.73 Å². The van der Waals surface area contributed by atoms with Gasteiger partial charge in [-0.05, 0) is 97.4 Å². The second-order valence-electron chi connectivity index (χ2n) is 7.66. The lowest BCUT2D eigenvalue weighted by Crippen LogP contribution is -2.26. The molecule has 0 fully saturated rings. The number of thiocarbonyl (C=S) groups is 1. The van der Waals surface area contributed by atoms with Gasteiger partial charge in [0, 0.05) is 7.11 Å². The summed E-state index contributed by atoms with van der Waals surface area (Å²) < 4.78 is 10.8. The summed E-state index contributed by atoms with van der Waals surface area (Å²) in [4.78, 5) is 0. The van der Waals surface area contributed by atoms with E-state index >= 15 is 0 Å². The van der Waals surface area contributed by atoms with Crippen molar-refractivity contribution in [3.05, 3.63) is 46.1 Å². The Balaban J connectivity index is 4.54. The van der Waals surface area contributed by atoms with Gasteiger partial charge in [0.25, 0.3) is 5.17 Å². The van der Waals surface area contributed by atoms with Crippen LogP contribution in [0.1, 0.15) is 86.5 Å². The first kappa shape index (κ1) is 26.6. The molecule has 0 aliphatic heterocycles. The van der Waals surface area contributed by atoms with Gasteiger partial charge in [0.05, 0.1) is 0 Å². The van der Waals surface area contributed by atoms with Gasteiger partial charge in [0.2, 0.25) is 6.29 Å². The molecule has 0 rings (SSSR count). The Labute approximate surface area is 178 Å². The average Bonchev–Trinajstić information content (AvgIpc) is 2.60. The van der Waals surface area contributed by atoms with Crippen molar-refractivity contribution in [1.29, 1.82) is 0 Å². The Hall–Kier alpha value is -1.39. The molecular formula is C24H41NO2S. The summed E-state index contributed by atoms with van der Waals surface area (Å²) >= 11 is 4.84. The van der Waals surface area contributed by atoms with E-state index in [0.29, 0.717) is 0 Å². The van der Waals surface area contributed by atoms with E-state index in [9.17, 15) is 0 Å². The molecule has 0 radical (unpaired) electrons. The highest BCUT2D eigenvalue weighted by molar-refractivity contribution is 7.80. The number of ether oxygens (including phenoxy) is 2. The smallest absolute Gasteiger partial charge is 0.256 e. The Bertz CT molecular complexity index is 596. The number of rotatable bonds is 13. The molecule has 0 saturated heterocycles. The highest BCUT2D eigenvalue weighted by Crippen LogP contribution is 2.21. The summed E-state index contributed by atoms with van der Waals surface area (Å²) in [6.45, 7) is 13.0. The van der Waals surface area contributed by atoms with Gasteiger partial charge in [-0.25, -0.2) is 0 Å². The zero-order valence-electron chi connectivity index (χ0n) is 19.1. The number of nitrogens with two attached hydrogens (primary N) is 1. The molecule has 0 aromatic heterocycles. The molecule has 2 N–H and O–H groups in total.